The van der Waals surface area contributed by atoms with Crippen molar-refractivity contribution >= 4 is 29.0 Å². The third-order valence-corrected chi connectivity index (χ3v) is 3.37. The number of nitrogens with one attached hydrogen (secondary N) is 1. The van der Waals surface area contributed by atoms with Crippen LogP contribution in [0.5, 0.6) is 0 Å². The van der Waals surface area contributed by atoms with Crippen LogP contribution >= 0.6 is 0 Å². The van der Waals surface area contributed by atoms with Gasteiger partial charge in [0.2, 0.25) is 5.91 Å². The van der Waals surface area contributed by atoms with Gasteiger partial charge in [0.05, 0.1) is 16.9 Å². The van der Waals surface area contributed by atoms with E-state index in [-0.39, 0.29) is 18.2 Å². The van der Waals surface area contributed by atoms with E-state index in [1.54, 1.807) is 42.6 Å². The van der Waals surface area contributed by atoms with Gasteiger partial charge in [0.15, 0.2) is 5.82 Å². The van der Waals surface area contributed by atoms with Gasteiger partial charge in [-0.2, -0.15) is 0 Å². The first kappa shape index (κ1) is 13.8. The van der Waals surface area contributed by atoms with E-state index < -0.39 is 0 Å². The van der Waals surface area contributed by atoms with Crippen LogP contribution in [0.25, 0.3) is 0 Å². The summed E-state index contributed by atoms with van der Waals surface area (Å²) in [5.41, 5.74) is 1.44. The molecule has 3 rings (SSSR count). The molecule has 5 nitrogen and oxygen atoms in total. The van der Waals surface area contributed by atoms with Crippen LogP contribution in [-0.4, -0.2) is 16.8 Å². The number of pyridine rings is 1. The van der Waals surface area contributed by atoms with E-state index in [2.05, 4.69) is 16.2 Å². The number of carbonyl (C=O) groups is 2. The van der Waals surface area contributed by atoms with Crippen molar-refractivity contribution in [3.63, 3.8) is 0 Å². The molecule has 2 aromatic rings. The Morgan fingerprint density at radius 2 is 2.09 bits per heavy atom. The Labute approximate surface area is 128 Å². The quantitative estimate of drug-likeness (QED) is 0.865. The van der Waals surface area contributed by atoms with E-state index in [0.717, 1.165) is 0 Å². The monoisotopic (exact) mass is 291 g/mol. The SMILES string of the molecule is C#CCCC(=O)N1c2ccccc2C(=O)Nc2cccnc21. The first-order valence-corrected chi connectivity index (χ1v) is 6.84. The van der Waals surface area contributed by atoms with Gasteiger partial charge in [0.25, 0.3) is 5.91 Å². The number of benzene rings is 1. The topological polar surface area (TPSA) is 62.3 Å². The van der Waals surface area contributed by atoms with Crippen molar-refractivity contribution < 1.29 is 9.59 Å². The van der Waals surface area contributed by atoms with Gasteiger partial charge >= 0.3 is 0 Å². The Morgan fingerprint density at radius 1 is 1.27 bits per heavy atom. The molecule has 1 aliphatic rings. The normalized spacial score (nSPS) is 12.5. The molecule has 2 amide bonds. The number of fused-ring (bicyclic) bond motifs is 2. The molecule has 0 aliphatic carbocycles. The highest BCUT2D eigenvalue weighted by atomic mass is 16.2. The lowest BCUT2D eigenvalue weighted by atomic mass is 10.1. The summed E-state index contributed by atoms with van der Waals surface area (Å²) in [6.07, 6.45) is 7.35. The summed E-state index contributed by atoms with van der Waals surface area (Å²) in [6.45, 7) is 0. The van der Waals surface area contributed by atoms with Gasteiger partial charge in [-0.3, -0.25) is 14.5 Å². The van der Waals surface area contributed by atoms with Crippen LogP contribution in [0, 0.1) is 12.3 Å². The van der Waals surface area contributed by atoms with E-state index in [4.69, 9.17) is 6.42 Å². The third kappa shape index (κ3) is 2.31. The van der Waals surface area contributed by atoms with E-state index in [1.807, 2.05) is 0 Å². The average molecular weight is 291 g/mol. The van der Waals surface area contributed by atoms with Crippen molar-refractivity contribution in [3.8, 4) is 12.3 Å². The largest absolute Gasteiger partial charge is 0.319 e. The summed E-state index contributed by atoms with van der Waals surface area (Å²) < 4.78 is 0. The van der Waals surface area contributed by atoms with Gasteiger partial charge in [-0.05, 0) is 24.3 Å². The molecule has 22 heavy (non-hydrogen) atoms. The molecule has 1 aliphatic heterocycles. The number of carbonyl (C=O) groups excluding carboxylic acids is 2. The minimum absolute atomic E-state index is 0.190. The van der Waals surface area contributed by atoms with Gasteiger partial charge in [0.1, 0.15) is 0 Å². The maximum Gasteiger partial charge on any atom is 0.257 e. The summed E-state index contributed by atoms with van der Waals surface area (Å²) in [4.78, 5) is 30.7. The van der Waals surface area contributed by atoms with Crippen LogP contribution < -0.4 is 10.2 Å². The molecular weight excluding hydrogens is 278 g/mol. The molecule has 0 saturated heterocycles. The Balaban J connectivity index is 2.18. The van der Waals surface area contributed by atoms with Crippen molar-refractivity contribution in [1.29, 1.82) is 0 Å². The highest BCUT2D eigenvalue weighted by molar-refractivity contribution is 6.17. The number of aromatic nitrogens is 1. The number of anilines is 3. The molecule has 0 bridgehead atoms. The molecule has 2 heterocycles. The smallest absolute Gasteiger partial charge is 0.257 e. The number of hydrogen-bond donors (Lipinski definition) is 1. The first-order valence-electron chi connectivity index (χ1n) is 6.84. The maximum absolute atomic E-state index is 12.6. The summed E-state index contributed by atoms with van der Waals surface area (Å²) in [5, 5.41) is 2.78. The molecule has 1 N–H and O–H groups in total. The Kier molecular flexibility index (Phi) is 3.58. The predicted molar refractivity (Wildman–Crippen MR) is 83.8 cm³/mol. The number of hydrogen-bond acceptors (Lipinski definition) is 3. The van der Waals surface area contributed by atoms with Crippen molar-refractivity contribution in [2.75, 3.05) is 10.2 Å². The minimum atomic E-state index is -0.267. The second kappa shape index (κ2) is 5.70. The van der Waals surface area contributed by atoms with Crippen LogP contribution in [0.15, 0.2) is 42.6 Å². The molecule has 0 saturated carbocycles. The van der Waals surface area contributed by atoms with Crippen LogP contribution in [0.3, 0.4) is 0 Å². The van der Waals surface area contributed by atoms with Gasteiger partial charge < -0.3 is 5.32 Å². The zero-order chi connectivity index (χ0) is 15.5. The van der Waals surface area contributed by atoms with Gasteiger partial charge in [-0.25, -0.2) is 4.98 Å². The number of nitrogens with zero attached hydrogens (tertiary/aromatic N) is 2. The summed E-state index contributed by atoms with van der Waals surface area (Å²) in [5.74, 6) is 2.41. The van der Waals surface area contributed by atoms with Crippen LogP contribution in [0.2, 0.25) is 0 Å². The lowest BCUT2D eigenvalue weighted by molar-refractivity contribution is -0.117. The molecule has 5 heteroatoms. The molecule has 0 atom stereocenters. The van der Waals surface area contributed by atoms with Gasteiger partial charge in [-0.1, -0.05) is 12.1 Å². The fraction of sp³-hybridized carbons (Fsp3) is 0.118. The highest BCUT2D eigenvalue weighted by Crippen LogP contribution is 2.36. The maximum atomic E-state index is 12.6. The minimum Gasteiger partial charge on any atom is -0.319 e. The molecule has 0 spiro atoms. The number of para-hydroxylation sites is 1. The highest BCUT2D eigenvalue weighted by Gasteiger charge is 2.29. The van der Waals surface area contributed by atoms with Crippen molar-refractivity contribution in [1.82, 2.24) is 4.98 Å². The third-order valence-electron chi connectivity index (χ3n) is 3.37. The fourth-order valence-electron chi connectivity index (χ4n) is 2.38. The Hall–Kier alpha value is -3.13. The summed E-state index contributed by atoms with van der Waals surface area (Å²) >= 11 is 0. The van der Waals surface area contributed by atoms with Crippen molar-refractivity contribution in [3.05, 3.63) is 48.2 Å². The zero-order valence-corrected chi connectivity index (χ0v) is 11.7. The molecule has 0 unspecified atom stereocenters. The zero-order valence-electron chi connectivity index (χ0n) is 11.7. The van der Waals surface area contributed by atoms with Crippen molar-refractivity contribution in [2.24, 2.45) is 0 Å². The Bertz CT molecular complexity index is 792. The van der Waals surface area contributed by atoms with E-state index in [1.165, 1.54) is 4.90 Å². The van der Waals surface area contributed by atoms with Crippen LogP contribution in [0.1, 0.15) is 23.2 Å². The van der Waals surface area contributed by atoms with Gasteiger partial charge in [0, 0.05) is 19.0 Å². The van der Waals surface area contributed by atoms with Crippen LogP contribution in [-0.2, 0) is 4.79 Å². The first-order chi connectivity index (χ1) is 10.7. The number of amides is 2. The summed E-state index contributed by atoms with van der Waals surface area (Å²) in [7, 11) is 0. The second-order valence-electron chi connectivity index (χ2n) is 4.78. The molecule has 108 valence electrons. The molecule has 0 fully saturated rings. The standard InChI is InChI=1S/C17H13N3O2/c1-2-3-10-15(21)20-14-9-5-4-7-12(14)17(22)19-13-8-6-11-18-16(13)20/h1,4-9,11H,3,10H2,(H,19,22). The summed E-state index contributed by atoms with van der Waals surface area (Å²) in [6, 6.07) is 10.4. The van der Waals surface area contributed by atoms with E-state index in [0.29, 0.717) is 29.2 Å². The lowest BCUT2D eigenvalue weighted by Crippen LogP contribution is -2.27. The molecule has 1 aromatic heterocycles. The van der Waals surface area contributed by atoms with Crippen LogP contribution in [0.4, 0.5) is 17.2 Å². The predicted octanol–water partition coefficient (Wildman–Crippen LogP) is 2.73. The van der Waals surface area contributed by atoms with Gasteiger partial charge in [-0.15, -0.1) is 12.3 Å². The molecule has 1 aromatic carbocycles. The Morgan fingerprint density at radius 3 is 2.91 bits per heavy atom. The average Bonchev–Trinajstić information content (AvgIpc) is 2.67. The van der Waals surface area contributed by atoms with E-state index >= 15 is 0 Å². The van der Waals surface area contributed by atoms with E-state index in [9.17, 15) is 9.59 Å². The lowest BCUT2D eigenvalue weighted by Gasteiger charge is -2.22. The molecular formula is C17H13N3O2. The number of terminal acetylenes is 1. The molecule has 0 radical (unpaired) electrons. The fourth-order valence-corrected chi connectivity index (χ4v) is 2.38. The number of rotatable bonds is 2. The van der Waals surface area contributed by atoms with Crippen molar-refractivity contribution in [2.45, 2.75) is 12.8 Å². The second-order valence-corrected chi connectivity index (χ2v) is 4.78.